The van der Waals surface area contributed by atoms with Crippen molar-refractivity contribution in [2.75, 3.05) is 13.6 Å². The summed E-state index contributed by atoms with van der Waals surface area (Å²) in [6, 6.07) is 0. The van der Waals surface area contributed by atoms with Gasteiger partial charge in [-0.2, -0.15) is 0 Å². The van der Waals surface area contributed by atoms with Gasteiger partial charge in [0.15, 0.2) is 0 Å². The van der Waals surface area contributed by atoms with E-state index >= 15 is 0 Å². The highest BCUT2D eigenvalue weighted by atomic mass is 32.1. The van der Waals surface area contributed by atoms with Gasteiger partial charge in [-0.25, -0.2) is 0 Å². The van der Waals surface area contributed by atoms with Crippen molar-refractivity contribution in [3.05, 3.63) is 0 Å². The Bertz CT molecular complexity index is 235. The van der Waals surface area contributed by atoms with Crippen molar-refractivity contribution in [3.63, 3.8) is 0 Å². The van der Waals surface area contributed by atoms with Crippen LogP contribution in [0.5, 0.6) is 0 Å². The molecule has 0 atom stereocenters. The molecule has 3 nitrogen and oxygen atoms in total. The van der Waals surface area contributed by atoms with Crippen molar-refractivity contribution >= 4 is 35.1 Å². The lowest BCUT2D eigenvalue weighted by Crippen LogP contribution is -2.21. The highest BCUT2D eigenvalue weighted by Gasteiger charge is 1.99. The molecule has 0 amide bonds. The van der Waals surface area contributed by atoms with Crippen LogP contribution in [0.4, 0.5) is 0 Å². The van der Waals surface area contributed by atoms with Gasteiger partial charge in [0.25, 0.3) is 0 Å². The zero-order valence-electron chi connectivity index (χ0n) is 10.5. The van der Waals surface area contributed by atoms with Crippen molar-refractivity contribution in [3.8, 4) is 0 Å². The summed E-state index contributed by atoms with van der Waals surface area (Å²) >= 11 is 9.03. The van der Waals surface area contributed by atoms with E-state index < -0.39 is 5.97 Å². The summed E-state index contributed by atoms with van der Waals surface area (Å²) in [7, 11) is 1.96. The lowest BCUT2D eigenvalue weighted by molar-refractivity contribution is -0.137. The Hall–Kier alpha value is -0.290. The maximum absolute atomic E-state index is 10.3. The quantitative estimate of drug-likeness (QED) is 0.365. The molecular formula is C12H23NO2S2. The SMILES string of the molecule is CN(CCCCCCCCCC(=O)O)C(=S)S. The molecule has 0 rings (SSSR count). The average molecular weight is 277 g/mol. The van der Waals surface area contributed by atoms with Crippen molar-refractivity contribution in [2.45, 2.75) is 51.4 Å². The van der Waals surface area contributed by atoms with Gasteiger partial charge in [-0.3, -0.25) is 4.79 Å². The molecule has 0 spiro atoms. The van der Waals surface area contributed by atoms with Gasteiger partial charge in [-0.1, -0.05) is 44.3 Å². The molecule has 0 aromatic heterocycles. The third-order valence-corrected chi connectivity index (χ3v) is 3.36. The molecule has 17 heavy (non-hydrogen) atoms. The molecule has 0 saturated carbocycles. The second-order valence-electron chi connectivity index (χ2n) is 4.32. The lowest BCUT2D eigenvalue weighted by Gasteiger charge is -2.15. The number of thiol groups is 1. The molecule has 0 aromatic carbocycles. The average Bonchev–Trinajstić information content (AvgIpc) is 2.25. The molecule has 0 aliphatic carbocycles. The Morgan fingerprint density at radius 3 is 2.06 bits per heavy atom. The summed E-state index contributed by atoms with van der Waals surface area (Å²) in [5.41, 5.74) is 0. The van der Waals surface area contributed by atoms with Gasteiger partial charge in [-0.15, -0.1) is 12.6 Å². The maximum atomic E-state index is 10.3. The van der Waals surface area contributed by atoms with Crippen molar-refractivity contribution in [1.82, 2.24) is 4.90 Å². The van der Waals surface area contributed by atoms with Crippen LogP contribution in [0.25, 0.3) is 0 Å². The Labute approximate surface area is 115 Å². The van der Waals surface area contributed by atoms with Gasteiger partial charge in [-0.05, 0) is 12.8 Å². The fourth-order valence-electron chi connectivity index (χ4n) is 1.60. The molecule has 0 fully saturated rings. The molecule has 0 aliphatic rings. The predicted octanol–water partition coefficient (Wildman–Crippen LogP) is 3.34. The summed E-state index contributed by atoms with van der Waals surface area (Å²) in [6.45, 7) is 0.974. The lowest BCUT2D eigenvalue weighted by atomic mass is 10.1. The summed E-state index contributed by atoms with van der Waals surface area (Å²) in [4.78, 5) is 12.2. The number of unbranched alkanes of at least 4 members (excludes halogenated alkanes) is 6. The highest BCUT2D eigenvalue weighted by molar-refractivity contribution is 8.10. The Kier molecular flexibility index (Phi) is 10.7. The number of rotatable bonds is 10. The fraction of sp³-hybridized carbons (Fsp3) is 0.833. The van der Waals surface area contributed by atoms with E-state index in [1.54, 1.807) is 0 Å². The number of hydrogen-bond donors (Lipinski definition) is 2. The fourth-order valence-corrected chi connectivity index (χ4v) is 1.80. The number of hydrogen-bond acceptors (Lipinski definition) is 2. The largest absolute Gasteiger partial charge is 0.481 e. The summed E-state index contributed by atoms with van der Waals surface area (Å²) < 4.78 is 0.652. The first-order valence-electron chi connectivity index (χ1n) is 6.20. The molecule has 0 aliphatic heterocycles. The van der Waals surface area contributed by atoms with Gasteiger partial charge in [0.1, 0.15) is 4.32 Å². The van der Waals surface area contributed by atoms with Crippen molar-refractivity contribution < 1.29 is 9.90 Å². The molecule has 0 heterocycles. The van der Waals surface area contributed by atoms with Crippen LogP contribution in [0.1, 0.15) is 51.4 Å². The van der Waals surface area contributed by atoms with Crippen LogP contribution in [0.2, 0.25) is 0 Å². The van der Waals surface area contributed by atoms with E-state index in [1.165, 1.54) is 19.3 Å². The highest BCUT2D eigenvalue weighted by Crippen LogP contribution is 2.09. The van der Waals surface area contributed by atoms with E-state index in [2.05, 4.69) is 12.6 Å². The molecular weight excluding hydrogens is 254 g/mol. The third-order valence-electron chi connectivity index (χ3n) is 2.71. The number of carbonyl (C=O) groups is 1. The Morgan fingerprint density at radius 1 is 1.12 bits per heavy atom. The molecule has 0 bridgehead atoms. The Balaban J connectivity index is 3.14. The molecule has 0 aromatic rings. The van der Waals surface area contributed by atoms with E-state index in [0.717, 1.165) is 32.2 Å². The first kappa shape index (κ1) is 16.7. The molecule has 5 heteroatoms. The van der Waals surface area contributed by atoms with Gasteiger partial charge >= 0.3 is 5.97 Å². The zero-order chi connectivity index (χ0) is 13.1. The third kappa shape index (κ3) is 12.0. The van der Waals surface area contributed by atoms with Crippen LogP contribution in [-0.4, -0.2) is 33.9 Å². The topological polar surface area (TPSA) is 40.5 Å². The van der Waals surface area contributed by atoms with Crippen LogP contribution in [0.15, 0.2) is 0 Å². The number of thiocarbonyl (C=S) groups is 1. The van der Waals surface area contributed by atoms with Gasteiger partial charge in [0.2, 0.25) is 0 Å². The predicted molar refractivity (Wildman–Crippen MR) is 78.8 cm³/mol. The van der Waals surface area contributed by atoms with E-state index in [-0.39, 0.29) is 0 Å². The zero-order valence-corrected chi connectivity index (χ0v) is 12.2. The minimum absolute atomic E-state index is 0.310. The summed E-state index contributed by atoms with van der Waals surface area (Å²) in [5, 5.41) is 8.46. The monoisotopic (exact) mass is 277 g/mol. The summed E-state index contributed by atoms with van der Waals surface area (Å²) in [6.07, 6.45) is 8.08. The molecule has 0 unspecified atom stereocenters. The molecule has 0 saturated heterocycles. The first-order chi connectivity index (χ1) is 8.04. The minimum Gasteiger partial charge on any atom is -0.481 e. The molecule has 100 valence electrons. The minimum atomic E-state index is -0.684. The first-order valence-corrected chi connectivity index (χ1v) is 7.05. The number of aliphatic carboxylic acids is 1. The number of carboxylic acids is 1. The van der Waals surface area contributed by atoms with Crippen LogP contribution in [-0.2, 0) is 4.79 Å². The van der Waals surface area contributed by atoms with E-state index in [0.29, 0.717) is 10.7 Å². The smallest absolute Gasteiger partial charge is 0.303 e. The second-order valence-corrected chi connectivity index (χ2v) is 5.44. The van der Waals surface area contributed by atoms with E-state index in [4.69, 9.17) is 17.3 Å². The van der Waals surface area contributed by atoms with Gasteiger partial charge in [0.05, 0.1) is 0 Å². The van der Waals surface area contributed by atoms with Gasteiger partial charge in [0, 0.05) is 20.0 Å². The van der Waals surface area contributed by atoms with Crippen LogP contribution >= 0.6 is 24.8 Å². The number of carboxylic acid groups (broad SMARTS) is 1. The molecule has 1 N–H and O–H groups in total. The standard InChI is InChI=1S/C12H23NO2S2/c1-13(12(16)17)10-8-6-4-2-3-5-7-9-11(14)15/h2-10H2,1H3,(H,14,15)(H,16,17). The molecule has 0 radical (unpaired) electrons. The number of nitrogens with zero attached hydrogens (tertiary/aromatic N) is 1. The summed E-state index contributed by atoms with van der Waals surface area (Å²) in [5.74, 6) is -0.684. The maximum Gasteiger partial charge on any atom is 0.303 e. The van der Waals surface area contributed by atoms with Crippen LogP contribution in [0.3, 0.4) is 0 Å². The van der Waals surface area contributed by atoms with Crippen molar-refractivity contribution in [1.29, 1.82) is 0 Å². The van der Waals surface area contributed by atoms with Crippen LogP contribution < -0.4 is 0 Å². The second kappa shape index (κ2) is 10.8. The van der Waals surface area contributed by atoms with Crippen LogP contribution in [0, 0.1) is 0 Å². The normalized spacial score (nSPS) is 10.2. The van der Waals surface area contributed by atoms with E-state index in [9.17, 15) is 4.79 Å². The van der Waals surface area contributed by atoms with Crippen molar-refractivity contribution in [2.24, 2.45) is 0 Å². The Morgan fingerprint density at radius 2 is 1.59 bits per heavy atom. The van der Waals surface area contributed by atoms with E-state index in [1.807, 2.05) is 11.9 Å². The van der Waals surface area contributed by atoms with Gasteiger partial charge < -0.3 is 10.0 Å².